The molecule has 160 valence electrons. The van der Waals surface area contributed by atoms with Gasteiger partial charge in [-0.1, -0.05) is 6.92 Å². The number of aliphatic hydroxyl groups is 6. The number of carbonyl (C=O) groups is 2. The number of hydrogen-bond donors (Lipinski definition) is 8. The Morgan fingerprint density at radius 1 is 0.704 bits per heavy atom. The Balaban J connectivity index is 4.46. The largest absolute Gasteiger partial charge is 0.394 e. The van der Waals surface area contributed by atoms with Crippen LogP contribution in [0.5, 0.6) is 0 Å². The molecule has 2 amide bonds. The van der Waals surface area contributed by atoms with Crippen molar-refractivity contribution in [3.63, 3.8) is 0 Å². The molecule has 0 aromatic heterocycles. The van der Waals surface area contributed by atoms with Crippen LogP contribution in [0.4, 0.5) is 0 Å². The number of hydrogen-bond acceptors (Lipinski definition) is 9. The Morgan fingerprint density at radius 2 is 1.00 bits per heavy atom. The zero-order chi connectivity index (χ0) is 20.9. The Morgan fingerprint density at radius 3 is 1.22 bits per heavy atom. The van der Waals surface area contributed by atoms with E-state index in [-0.39, 0.29) is 12.8 Å². The summed E-state index contributed by atoms with van der Waals surface area (Å²) in [6.07, 6.45) is 0.0656. The fourth-order valence-electron chi connectivity index (χ4n) is 2.20. The van der Waals surface area contributed by atoms with Crippen molar-refractivity contribution in [2.45, 2.75) is 30.8 Å². The quantitative estimate of drug-likeness (QED) is 0.136. The lowest BCUT2D eigenvalue weighted by Gasteiger charge is -2.30. The van der Waals surface area contributed by atoms with E-state index in [9.17, 15) is 40.2 Å². The van der Waals surface area contributed by atoms with E-state index in [1.165, 1.54) is 0 Å². The first-order valence-electron chi connectivity index (χ1n) is 8.79. The molecule has 0 heterocycles. The first-order valence-corrected chi connectivity index (χ1v) is 8.79. The number of aliphatic hydroxyl groups excluding tert-OH is 6. The van der Waals surface area contributed by atoms with Gasteiger partial charge in [-0.25, -0.2) is 0 Å². The van der Waals surface area contributed by atoms with Crippen LogP contribution in [0.2, 0.25) is 0 Å². The van der Waals surface area contributed by atoms with Crippen molar-refractivity contribution in [1.29, 1.82) is 0 Å². The zero-order valence-electron chi connectivity index (χ0n) is 15.7. The summed E-state index contributed by atoms with van der Waals surface area (Å²) >= 11 is 0. The summed E-state index contributed by atoms with van der Waals surface area (Å²) in [6.45, 7) is -0.629. The molecule has 27 heavy (non-hydrogen) atoms. The highest BCUT2D eigenvalue weighted by Crippen LogP contribution is 2.05. The van der Waals surface area contributed by atoms with Crippen LogP contribution in [0.1, 0.15) is 19.8 Å². The molecule has 0 bridgehead atoms. The Labute approximate surface area is 158 Å². The van der Waals surface area contributed by atoms with E-state index >= 15 is 0 Å². The van der Waals surface area contributed by atoms with E-state index in [1.807, 2.05) is 11.8 Å². The number of carbonyl (C=O) groups excluding carboxylic acids is 2. The minimum atomic E-state index is -1.48. The summed E-state index contributed by atoms with van der Waals surface area (Å²) in [4.78, 5) is 25.7. The van der Waals surface area contributed by atoms with Gasteiger partial charge in [-0.15, -0.1) is 0 Å². The van der Waals surface area contributed by atoms with Crippen molar-refractivity contribution >= 4 is 11.8 Å². The van der Waals surface area contributed by atoms with Crippen LogP contribution >= 0.6 is 0 Å². The minimum absolute atomic E-state index is 0.0328. The van der Waals surface area contributed by atoms with E-state index in [2.05, 4.69) is 10.6 Å². The van der Waals surface area contributed by atoms with E-state index in [0.29, 0.717) is 19.6 Å². The molecule has 0 aromatic rings. The predicted molar refractivity (Wildman–Crippen MR) is 95.6 cm³/mol. The zero-order valence-corrected chi connectivity index (χ0v) is 15.7. The Bertz CT molecular complexity index is 387. The molecule has 0 aliphatic heterocycles. The molecular formula is C16H33N3O8. The van der Waals surface area contributed by atoms with Gasteiger partial charge >= 0.3 is 0 Å². The van der Waals surface area contributed by atoms with E-state index in [0.717, 1.165) is 0 Å². The molecular weight excluding hydrogens is 362 g/mol. The van der Waals surface area contributed by atoms with Gasteiger partial charge in [-0.05, 0) is 6.54 Å². The molecule has 0 spiro atoms. The molecule has 0 aliphatic rings. The summed E-state index contributed by atoms with van der Waals surface area (Å²) in [5, 5.41) is 60.0. The molecule has 0 saturated carbocycles. The van der Waals surface area contributed by atoms with Crippen molar-refractivity contribution in [2.75, 3.05) is 59.3 Å². The number of rotatable bonds is 15. The van der Waals surface area contributed by atoms with E-state index < -0.39 is 62.5 Å². The normalized spacial score (nSPS) is 12.3. The van der Waals surface area contributed by atoms with Crippen molar-refractivity contribution in [2.24, 2.45) is 0 Å². The van der Waals surface area contributed by atoms with Gasteiger partial charge in [0.05, 0.1) is 39.6 Å². The highest BCUT2D eigenvalue weighted by atomic mass is 16.3. The maximum atomic E-state index is 12.0. The predicted octanol–water partition coefficient (Wildman–Crippen LogP) is -4.25. The van der Waals surface area contributed by atoms with Crippen LogP contribution in [0.3, 0.4) is 0 Å². The Kier molecular flexibility index (Phi) is 12.3. The van der Waals surface area contributed by atoms with Crippen LogP contribution in [-0.2, 0) is 9.59 Å². The summed E-state index contributed by atoms with van der Waals surface area (Å²) < 4.78 is 0. The van der Waals surface area contributed by atoms with Crippen molar-refractivity contribution in [1.82, 2.24) is 15.5 Å². The average molecular weight is 395 g/mol. The smallest absolute Gasteiger partial charge is 0.221 e. The summed E-state index contributed by atoms with van der Waals surface area (Å²) in [7, 11) is 0. The van der Waals surface area contributed by atoms with Gasteiger partial charge in [0.25, 0.3) is 0 Å². The third-order valence-corrected chi connectivity index (χ3v) is 4.38. The number of nitrogens with one attached hydrogen (secondary N) is 2. The van der Waals surface area contributed by atoms with Crippen LogP contribution in [0.15, 0.2) is 0 Å². The number of amides is 2. The van der Waals surface area contributed by atoms with Gasteiger partial charge in [-0.2, -0.15) is 0 Å². The average Bonchev–Trinajstić information content (AvgIpc) is 2.70. The van der Waals surface area contributed by atoms with Crippen LogP contribution in [0.25, 0.3) is 0 Å². The highest BCUT2D eigenvalue weighted by molar-refractivity contribution is 5.77. The number of nitrogens with zero attached hydrogens (tertiary/aromatic N) is 1. The molecule has 0 rings (SSSR count). The standard InChI is InChI=1S/C16H33N3O8/c1-2-19(5-3-13(26)17-15(7-20,8-21)9-22)6-4-14(27)18-16(10-23,11-24)12-25/h20-25H,2-12H2,1H3,(H,17,26)(H,18,27). The molecule has 0 aliphatic carbocycles. The lowest BCUT2D eigenvalue weighted by Crippen LogP contribution is -2.57. The third kappa shape index (κ3) is 8.47. The van der Waals surface area contributed by atoms with E-state index in [4.69, 9.17) is 0 Å². The molecule has 8 N–H and O–H groups in total. The van der Waals surface area contributed by atoms with Gasteiger partial charge in [0.1, 0.15) is 11.1 Å². The topological polar surface area (TPSA) is 183 Å². The van der Waals surface area contributed by atoms with Crippen LogP contribution < -0.4 is 10.6 Å². The van der Waals surface area contributed by atoms with Gasteiger partial charge in [-0.3, -0.25) is 9.59 Å². The van der Waals surface area contributed by atoms with Crippen molar-refractivity contribution in [3.8, 4) is 0 Å². The van der Waals surface area contributed by atoms with Gasteiger partial charge in [0, 0.05) is 25.9 Å². The molecule has 0 atom stereocenters. The lowest BCUT2D eigenvalue weighted by atomic mass is 10.0. The van der Waals surface area contributed by atoms with Gasteiger partial charge in [0.15, 0.2) is 0 Å². The molecule has 11 heteroatoms. The fourth-order valence-corrected chi connectivity index (χ4v) is 2.20. The fraction of sp³-hybridized carbons (Fsp3) is 0.875. The first-order chi connectivity index (χ1) is 12.8. The monoisotopic (exact) mass is 395 g/mol. The second kappa shape index (κ2) is 12.9. The van der Waals surface area contributed by atoms with Crippen LogP contribution in [-0.4, -0.2) is 118 Å². The molecule has 0 aromatic carbocycles. The summed E-state index contributed by atoms with van der Waals surface area (Å²) in [5.74, 6) is -0.926. The molecule has 0 radical (unpaired) electrons. The molecule has 0 unspecified atom stereocenters. The van der Waals surface area contributed by atoms with Gasteiger partial charge < -0.3 is 46.2 Å². The first kappa shape index (κ1) is 25.7. The van der Waals surface area contributed by atoms with Crippen molar-refractivity contribution < 1.29 is 40.2 Å². The Hall–Kier alpha value is -1.34. The van der Waals surface area contributed by atoms with Crippen molar-refractivity contribution in [3.05, 3.63) is 0 Å². The molecule has 11 nitrogen and oxygen atoms in total. The second-order valence-corrected chi connectivity index (χ2v) is 6.54. The lowest BCUT2D eigenvalue weighted by molar-refractivity contribution is -0.125. The maximum absolute atomic E-state index is 12.0. The van der Waals surface area contributed by atoms with Crippen LogP contribution in [0, 0.1) is 0 Å². The second-order valence-electron chi connectivity index (χ2n) is 6.54. The highest BCUT2D eigenvalue weighted by Gasteiger charge is 2.31. The summed E-state index contributed by atoms with van der Waals surface area (Å²) in [6, 6.07) is 0. The van der Waals surface area contributed by atoms with E-state index in [1.54, 1.807) is 0 Å². The summed E-state index contributed by atoms with van der Waals surface area (Å²) in [5.41, 5.74) is -2.95. The SMILES string of the molecule is CCN(CCC(=O)NC(CO)(CO)CO)CCC(=O)NC(CO)(CO)CO. The minimum Gasteiger partial charge on any atom is -0.394 e. The maximum Gasteiger partial charge on any atom is 0.221 e. The molecule has 0 fully saturated rings. The molecule has 0 saturated heterocycles. The van der Waals surface area contributed by atoms with Gasteiger partial charge in [0.2, 0.25) is 11.8 Å². The third-order valence-electron chi connectivity index (χ3n) is 4.38.